The number of nitrogens with zero attached hydrogens (tertiary/aromatic N) is 1. The Labute approximate surface area is 171 Å². The van der Waals surface area contributed by atoms with E-state index < -0.39 is 0 Å². The van der Waals surface area contributed by atoms with Gasteiger partial charge in [-0.3, -0.25) is 0 Å². The van der Waals surface area contributed by atoms with Gasteiger partial charge in [0, 0.05) is 22.6 Å². The maximum absolute atomic E-state index is 5.50. The molecule has 0 radical (unpaired) electrons. The van der Waals surface area contributed by atoms with Gasteiger partial charge in [0.2, 0.25) is 0 Å². The molecule has 3 rings (SSSR count). The van der Waals surface area contributed by atoms with E-state index in [0.29, 0.717) is 5.11 Å². The molecule has 25 heavy (non-hydrogen) atoms. The SMILES string of the molecule is S=C(NCC1(c2ccccc2)CCCCC1)Nc1ncc(Br)cc1Br. The van der Waals surface area contributed by atoms with Gasteiger partial charge in [0.05, 0.1) is 4.47 Å². The average Bonchev–Trinajstić information content (AvgIpc) is 2.64. The summed E-state index contributed by atoms with van der Waals surface area (Å²) in [6.45, 7) is 0.844. The summed E-state index contributed by atoms with van der Waals surface area (Å²) in [7, 11) is 0. The second-order valence-corrected chi connectivity index (χ2v) is 8.68. The van der Waals surface area contributed by atoms with E-state index in [9.17, 15) is 0 Å². The Bertz CT molecular complexity index is 731. The Morgan fingerprint density at radius 2 is 1.84 bits per heavy atom. The Kier molecular flexibility index (Phi) is 6.47. The molecular formula is C19H21Br2N3S. The molecule has 0 amide bonds. The fourth-order valence-corrected chi connectivity index (χ4v) is 4.75. The lowest BCUT2D eigenvalue weighted by molar-refractivity contribution is 0.292. The van der Waals surface area contributed by atoms with Gasteiger partial charge in [-0.2, -0.15) is 0 Å². The Balaban J connectivity index is 1.68. The topological polar surface area (TPSA) is 37.0 Å². The zero-order chi connectivity index (χ0) is 17.7. The van der Waals surface area contributed by atoms with Gasteiger partial charge in [-0.15, -0.1) is 0 Å². The van der Waals surface area contributed by atoms with Crippen molar-refractivity contribution in [1.82, 2.24) is 10.3 Å². The van der Waals surface area contributed by atoms with E-state index >= 15 is 0 Å². The van der Waals surface area contributed by atoms with Crippen molar-refractivity contribution in [2.75, 3.05) is 11.9 Å². The molecule has 3 nitrogen and oxygen atoms in total. The summed E-state index contributed by atoms with van der Waals surface area (Å²) in [5.41, 5.74) is 1.57. The minimum Gasteiger partial charge on any atom is -0.362 e. The molecule has 132 valence electrons. The third-order valence-corrected chi connectivity index (χ3v) is 6.11. The van der Waals surface area contributed by atoms with Crippen LogP contribution in [0.2, 0.25) is 0 Å². The van der Waals surface area contributed by atoms with Gasteiger partial charge in [0.25, 0.3) is 0 Å². The highest BCUT2D eigenvalue weighted by Crippen LogP contribution is 2.39. The van der Waals surface area contributed by atoms with Crippen molar-refractivity contribution in [2.45, 2.75) is 37.5 Å². The monoisotopic (exact) mass is 481 g/mol. The van der Waals surface area contributed by atoms with Crippen LogP contribution in [0.3, 0.4) is 0 Å². The molecule has 1 aromatic heterocycles. The first-order valence-electron chi connectivity index (χ1n) is 8.50. The summed E-state index contributed by atoms with van der Waals surface area (Å²) in [6, 6.07) is 12.8. The molecule has 0 unspecified atom stereocenters. The Morgan fingerprint density at radius 3 is 2.52 bits per heavy atom. The van der Waals surface area contributed by atoms with E-state index in [-0.39, 0.29) is 5.41 Å². The van der Waals surface area contributed by atoms with Crippen LogP contribution in [0.4, 0.5) is 5.82 Å². The number of anilines is 1. The van der Waals surface area contributed by atoms with E-state index in [1.807, 2.05) is 6.07 Å². The second-order valence-electron chi connectivity index (χ2n) is 6.50. The van der Waals surface area contributed by atoms with Crippen LogP contribution in [0, 0.1) is 0 Å². The van der Waals surface area contributed by atoms with Gasteiger partial charge in [-0.25, -0.2) is 4.98 Å². The number of rotatable bonds is 4. The van der Waals surface area contributed by atoms with Crippen molar-refractivity contribution in [3.8, 4) is 0 Å². The summed E-state index contributed by atoms with van der Waals surface area (Å²) < 4.78 is 1.80. The average molecular weight is 483 g/mol. The molecule has 0 aliphatic heterocycles. The molecule has 1 fully saturated rings. The Morgan fingerprint density at radius 1 is 1.12 bits per heavy atom. The van der Waals surface area contributed by atoms with Crippen molar-refractivity contribution in [2.24, 2.45) is 0 Å². The number of nitrogens with one attached hydrogen (secondary N) is 2. The summed E-state index contributed by atoms with van der Waals surface area (Å²) in [4.78, 5) is 4.36. The van der Waals surface area contributed by atoms with Gasteiger partial charge < -0.3 is 10.6 Å². The maximum atomic E-state index is 5.50. The van der Waals surface area contributed by atoms with Crippen LogP contribution < -0.4 is 10.6 Å². The first-order valence-corrected chi connectivity index (χ1v) is 10.5. The molecule has 0 saturated heterocycles. The highest BCUT2D eigenvalue weighted by Gasteiger charge is 2.33. The number of aromatic nitrogens is 1. The second kappa shape index (κ2) is 8.60. The fraction of sp³-hybridized carbons (Fsp3) is 0.368. The molecule has 2 N–H and O–H groups in total. The molecule has 1 aliphatic rings. The van der Waals surface area contributed by atoms with Crippen molar-refractivity contribution in [3.05, 3.63) is 57.1 Å². The maximum Gasteiger partial charge on any atom is 0.172 e. The number of pyridine rings is 1. The lowest BCUT2D eigenvalue weighted by Crippen LogP contribution is -2.43. The predicted molar refractivity (Wildman–Crippen MR) is 115 cm³/mol. The normalized spacial score (nSPS) is 16.2. The molecule has 1 saturated carbocycles. The van der Waals surface area contributed by atoms with Crippen LogP contribution in [0.5, 0.6) is 0 Å². The molecule has 2 aromatic rings. The third kappa shape index (κ3) is 4.80. The van der Waals surface area contributed by atoms with Crippen LogP contribution >= 0.6 is 44.1 Å². The highest BCUT2D eigenvalue weighted by atomic mass is 79.9. The van der Waals surface area contributed by atoms with Gasteiger partial charge in [0.15, 0.2) is 5.11 Å². The summed E-state index contributed by atoms with van der Waals surface area (Å²) in [5, 5.41) is 7.22. The predicted octanol–water partition coefficient (Wildman–Crippen LogP) is 5.80. The zero-order valence-corrected chi connectivity index (χ0v) is 17.9. The van der Waals surface area contributed by atoms with Gasteiger partial charge in [0.1, 0.15) is 5.82 Å². The van der Waals surface area contributed by atoms with Gasteiger partial charge in [-0.1, -0.05) is 49.6 Å². The standard InChI is InChI=1S/C19H21Br2N3S/c20-15-11-16(21)17(22-12-15)24-18(25)23-13-19(9-5-2-6-10-19)14-7-3-1-4-8-14/h1,3-4,7-8,11-12H,2,5-6,9-10,13H2,(H2,22,23,24,25). The number of hydrogen-bond acceptors (Lipinski definition) is 2. The number of thiocarbonyl (C=S) groups is 1. The van der Waals surface area contributed by atoms with Crippen LogP contribution in [-0.4, -0.2) is 16.6 Å². The van der Waals surface area contributed by atoms with E-state index in [1.165, 1.54) is 37.7 Å². The summed E-state index contributed by atoms with van der Waals surface area (Å²) >= 11 is 12.4. The van der Waals surface area contributed by atoms with E-state index in [1.54, 1.807) is 6.20 Å². The first kappa shape index (κ1) is 18.8. The lowest BCUT2D eigenvalue weighted by atomic mass is 9.69. The summed E-state index contributed by atoms with van der Waals surface area (Å²) in [6.07, 6.45) is 8.03. The molecule has 1 aliphatic carbocycles. The van der Waals surface area contributed by atoms with Crippen LogP contribution in [0.15, 0.2) is 51.5 Å². The van der Waals surface area contributed by atoms with Crippen LogP contribution in [0.1, 0.15) is 37.7 Å². The lowest BCUT2D eigenvalue weighted by Gasteiger charge is -2.38. The van der Waals surface area contributed by atoms with E-state index in [4.69, 9.17) is 12.2 Å². The molecule has 0 spiro atoms. The van der Waals surface area contributed by atoms with Gasteiger partial charge in [-0.05, 0) is 68.5 Å². The quantitative estimate of drug-likeness (QED) is 0.540. The smallest absolute Gasteiger partial charge is 0.172 e. The summed E-state index contributed by atoms with van der Waals surface area (Å²) in [5.74, 6) is 0.720. The van der Waals surface area contributed by atoms with Crippen LogP contribution in [0.25, 0.3) is 0 Å². The third-order valence-electron chi connectivity index (χ3n) is 4.82. The van der Waals surface area contributed by atoms with Crippen molar-refractivity contribution in [3.63, 3.8) is 0 Å². The minimum atomic E-state index is 0.162. The molecule has 6 heteroatoms. The first-order chi connectivity index (χ1) is 12.1. The molecule has 1 aromatic carbocycles. The number of benzene rings is 1. The van der Waals surface area contributed by atoms with E-state index in [0.717, 1.165) is 21.3 Å². The number of hydrogen-bond donors (Lipinski definition) is 2. The molecular weight excluding hydrogens is 462 g/mol. The minimum absolute atomic E-state index is 0.162. The van der Waals surface area contributed by atoms with Crippen molar-refractivity contribution in [1.29, 1.82) is 0 Å². The van der Waals surface area contributed by atoms with Crippen LogP contribution in [-0.2, 0) is 5.41 Å². The Hall–Kier alpha value is -0.980. The molecule has 0 bridgehead atoms. The van der Waals surface area contributed by atoms with Crippen molar-refractivity contribution < 1.29 is 0 Å². The zero-order valence-electron chi connectivity index (χ0n) is 13.9. The highest BCUT2D eigenvalue weighted by molar-refractivity contribution is 9.11. The fourth-order valence-electron chi connectivity index (χ4n) is 3.50. The largest absolute Gasteiger partial charge is 0.362 e. The molecule has 0 atom stereocenters. The van der Waals surface area contributed by atoms with Gasteiger partial charge >= 0.3 is 0 Å². The number of halogens is 2. The van der Waals surface area contributed by atoms with Crippen molar-refractivity contribution >= 4 is 55.0 Å². The van der Waals surface area contributed by atoms with E-state index in [2.05, 4.69) is 77.8 Å². The molecule has 1 heterocycles.